The molecule has 0 N–H and O–H groups in total. The van der Waals surface area contributed by atoms with Gasteiger partial charge < -0.3 is 18.8 Å². The number of likely N-dealkylation sites (N-methyl/N-ethyl adjacent to an activating group) is 1. The fraction of sp³-hybridized carbons (Fsp3) is 0.909. The van der Waals surface area contributed by atoms with Crippen LogP contribution in [0, 0.1) is 0 Å². The van der Waals surface area contributed by atoms with Gasteiger partial charge in [0.05, 0.1) is 53.2 Å². The summed E-state index contributed by atoms with van der Waals surface area (Å²) in [4.78, 5) is 29.8. The molecular weight excluding hydrogens is 352 g/mol. The third-order valence-electron chi connectivity index (χ3n) is 7.84. The van der Waals surface area contributed by atoms with E-state index in [9.17, 15) is 9.59 Å². The van der Waals surface area contributed by atoms with E-state index in [1.54, 1.807) is 0 Å². The van der Waals surface area contributed by atoms with E-state index >= 15 is 0 Å². The van der Waals surface area contributed by atoms with Crippen LogP contribution in [0.25, 0.3) is 0 Å². The highest BCUT2D eigenvalue weighted by molar-refractivity contribution is 5.81. The van der Waals surface area contributed by atoms with Crippen LogP contribution in [0.15, 0.2) is 0 Å². The third-order valence-corrected chi connectivity index (χ3v) is 7.84. The van der Waals surface area contributed by atoms with Crippen LogP contribution >= 0.6 is 0 Å². The third kappa shape index (κ3) is 5.07. The fourth-order valence-corrected chi connectivity index (χ4v) is 5.35. The zero-order valence-electron chi connectivity index (χ0n) is 18.5. The number of rotatable bonds is 5. The predicted molar refractivity (Wildman–Crippen MR) is 112 cm³/mol. The van der Waals surface area contributed by atoms with Crippen molar-refractivity contribution in [2.75, 3.05) is 73.0 Å². The van der Waals surface area contributed by atoms with E-state index in [4.69, 9.17) is 0 Å². The van der Waals surface area contributed by atoms with Crippen molar-refractivity contribution in [1.29, 1.82) is 0 Å². The lowest BCUT2D eigenvalue weighted by atomic mass is 10.0. The molecule has 2 amide bonds. The summed E-state index contributed by atoms with van der Waals surface area (Å²) in [7, 11) is 4.54. The summed E-state index contributed by atoms with van der Waals surface area (Å²) in [5.41, 5.74) is 0. The molecule has 0 aliphatic carbocycles. The van der Waals surface area contributed by atoms with Crippen LogP contribution in [-0.4, -0.2) is 110 Å². The smallest absolute Gasteiger partial charge is 0.280 e. The molecule has 6 heteroatoms. The van der Waals surface area contributed by atoms with Gasteiger partial charge in [0.15, 0.2) is 6.04 Å². The van der Waals surface area contributed by atoms with Gasteiger partial charge in [-0.2, -0.15) is 0 Å². The highest BCUT2D eigenvalue weighted by Crippen LogP contribution is 2.22. The first-order chi connectivity index (χ1) is 13.3. The second kappa shape index (κ2) is 9.12. The molecule has 160 valence electrons. The second-order valence-corrected chi connectivity index (χ2v) is 9.97. The van der Waals surface area contributed by atoms with Crippen molar-refractivity contribution >= 4 is 11.8 Å². The molecule has 0 aromatic rings. The average Bonchev–Trinajstić information content (AvgIpc) is 2.72. The molecule has 3 aliphatic heterocycles. The van der Waals surface area contributed by atoms with Crippen LogP contribution in [0.5, 0.6) is 0 Å². The molecule has 1 atom stereocenters. The van der Waals surface area contributed by atoms with Crippen molar-refractivity contribution in [2.24, 2.45) is 0 Å². The van der Waals surface area contributed by atoms with Gasteiger partial charge in [-0.05, 0) is 45.4 Å². The van der Waals surface area contributed by atoms with Crippen molar-refractivity contribution in [3.8, 4) is 0 Å². The Balaban J connectivity index is 1.44. The van der Waals surface area contributed by atoms with Crippen LogP contribution < -0.4 is 0 Å². The van der Waals surface area contributed by atoms with Gasteiger partial charge in [0.2, 0.25) is 5.91 Å². The number of piperazine rings is 1. The molecule has 0 radical (unpaired) electrons. The first-order valence-electron chi connectivity index (χ1n) is 11.6. The number of amides is 2. The molecule has 0 aromatic carbocycles. The summed E-state index contributed by atoms with van der Waals surface area (Å²) in [6.07, 6.45) is 8.33. The largest absolute Gasteiger partial charge is 0.339 e. The molecule has 1 unspecified atom stereocenters. The second-order valence-electron chi connectivity index (χ2n) is 9.97. The van der Waals surface area contributed by atoms with E-state index in [-0.39, 0.29) is 17.9 Å². The van der Waals surface area contributed by atoms with Crippen LogP contribution in [0.1, 0.15) is 51.9 Å². The topological polar surface area (TPSA) is 40.6 Å². The number of quaternary nitrogens is 2. The Morgan fingerprint density at radius 1 is 0.786 bits per heavy atom. The SMILES string of the molecule is CC(C(=O)N1CCN(C(=O)CC[N+]2(C)CCCCC2)CC1)[N+]1(C)CCCCC1. The molecule has 3 rings (SSSR count). The van der Waals surface area contributed by atoms with Crippen molar-refractivity contribution in [3.63, 3.8) is 0 Å². The van der Waals surface area contributed by atoms with Crippen molar-refractivity contribution < 1.29 is 18.6 Å². The van der Waals surface area contributed by atoms with Crippen LogP contribution in [0.2, 0.25) is 0 Å². The number of carbonyl (C=O) groups excluding carboxylic acids is 2. The molecule has 0 aromatic heterocycles. The minimum Gasteiger partial charge on any atom is -0.339 e. The first kappa shape index (κ1) is 21.6. The number of piperidine rings is 2. The minimum absolute atomic E-state index is 0.0334. The van der Waals surface area contributed by atoms with Crippen molar-refractivity contribution in [3.05, 3.63) is 0 Å². The maximum atomic E-state index is 13.1. The minimum atomic E-state index is 0.0334. The Morgan fingerprint density at radius 3 is 1.86 bits per heavy atom. The lowest BCUT2D eigenvalue weighted by molar-refractivity contribution is -0.927. The first-order valence-corrected chi connectivity index (χ1v) is 11.6. The maximum absolute atomic E-state index is 13.1. The van der Waals surface area contributed by atoms with E-state index in [0.717, 1.165) is 28.6 Å². The number of hydrogen-bond donors (Lipinski definition) is 0. The summed E-state index contributed by atoms with van der Waals surface area (Å²) < 4.78 is 1.94. The molecule has 0 spiro atoms. The van der Waals surface area contributed by atoms with Gasteiger partial charge >= 0.3 is 0 Å². The molecule has 28 heavy (non-hydrogen) atoms. The molecule has 3 fully saturated rings. The van der Waals surface area contributed by atoms with E-state index in [0.29, 0.717) is 32.6 Å². The van der Waals surface area contributed by atoms with Gasteiger partial charge in [-0.15, -0.1) is 0 Å². The number of hydrogen-bond acceptors (Lipinski definition) is 2. The Labute approximate surface area is 171 Å². The van der Waals surface area contributed by atoms with Crippen molar-refractivity contribution in [2.45, 2.75) is 57.9 Å². The van der Waals surface area contributed by atoms with E-state index in [2.05, 4.69) is 21.0 Å². The fourth-order valence-electron chi connectivity index (χ4n) is 5.35. The Bertz CT molecular complexity index is 545. The highest BCUT2D eigenvalue weighted by atomic mass is 16.2. The lowest BCUT2D eigenvalue weighted by Gasteiger charge is -2.44. The summed E-state index contributed by atoms with van der Waals surface area (Å²) >= 11 is 0. The van der Waals surface area contributed by atoms with Gasteiger partial charge in [-0.3, -0.25) is 9.59 Å². The number of likely N-dealkylation sites (tertiary alicyclic amines) is 2. The summed E-state index contributed by atoms with van der Waals surface area (Å²) in [6.45, 7) is 10.5. The molecule has 0 bridgehead atoms. The number of carbonyl (C=O) groups is 2. The number of nitrogens with zero attached hydrogens (tertiary/aromatic N) is 4. The molecular formula is C22H42N4O2+2. The summed E-state index contributed by atoms with van der Waals surface area (Å²) in [6, 6.07) is 0.0334. The molecule has 6 nitrogen and oxygen atoms in total. The maximum Gasteiger partial charge on any atom is 0.280 e. The van der Waals surface area contributed by atoms with E-state index < -0.39 is 0 Å². The van der Waals surface area contributed by atoms with Crippen LogP contribution in [-0.2, 0) is 9.59 Å². The molecule has 3 aliphatic rings. The predicted octanol–water partition coefficient (Wildman–Crippen LogP) is 1.70. The molecule has 3 saturated heterocycles. The van der Waals surface area contributed by atoms with E-state index in [1.165, 1.54) is 51.6 Å². The Kier molecular flexibility index (Phi) is 7.02. The van der Waals surface area contributed by atoms with Crippen LogP contribution in [0.3, 0.4) is 0 Å². The van der Waals surface area contributed by atoms with Gasteiger partial charge in [0.25, 0.3) is 5.91 Å². The summed E-state index contributed by atoms with van der Waals surface area (Å²) in [5, 5.41) is 0. The highest BCUT2D eigenvalue weighted by Gasteiger charge is 2.39. The summed E-state index contributed by atoms with van der Waals surface area (Å²) in [5.74, 6) is 0.558. The quantitative estimate of drug-likeness (QED) is 0.666. The Morgan fingerprint density at radius 2 is 1.29 bits per heavy atom. The van der Waals surface area contributed by atoms with Gasteiger partial charge in [0.1, 0.15) is 0 Å². The Hall–Kier alpha value is -1.14. The van der Waals surface area contributed by atoms with Crippen molar-refractivity contribution in [1.82, 2.24) is 9.80 Å². The van der Waals surface area contributed by atoms with E-state index in [1.807, 2.05) is 9.80 Å². The average molecular weight is 395 g/mol. The zero-order valence-corrected chi connectivity index (χ0v) is 18.5. The molecule has 3 heterocycles. The van der Waals surface area contributed by atoms with Gasteiger partial charge in [0, 0.05) is 26.2 Å². The normalized spacial score (nSPS) is 26.0. The zero-order chi connectivity index (χ0) is 20.2. The lowest BCUT2D eigenvalue weighted by Crippen LogP contribution is -2.62. The van der Waals surface area contributed by atoms with Gasteiger partial charge in [-0.25, -0.2) is 0 Å². The monoisotopic (exact) mass is 394 g/mol. The van der Waals surface area contributed by atoms with Crippen LogP contribution in [0.4, 0.5) is 0 Å². The standard InChI is InChI=1S/C22H42N4O2/c1-20(26(3)17-8-5-9-18-26)22(28)24-13-11-23(12-14-24)21(27)10-19-25(2)15-6-4-7-16-25/h20H,4-19H2,1-3H3/q+2. The molecule has 0 saturated carbocycles. The van der Waals surface area contributed by atoms with Gasteiger partial charge in [-0.1, -0.05) is 0 Å².